The molecule has 2 rings (SSSR count). The predicted molar refractivity (Wildman–Crippen MR) is 75.8 cm³/mol. The standard InChI is InChI=1S/C14H20N4O2/c1-14(2,3)20-13(19)18-7-10(4-12(15)8-18)11-5-16-9-17-6-11/h4-6,9,12H,7-8,15H2,1-3H3. The van der Waals surface area contributed by atoms with Crippen molar-refractivity contribution in [3.05, 3.63) is 30.4 Å². The monoisotopic (exact) mass is 276 g/mol. The van der Waals surface area contributed by atoms with Crippen LogP contribution in [-0.2, 0) is 4.74 Å². The summed E-state index contributed by atoms with van der Waals surface area (Å²) in [6.45, 7) is 6.44. The van der Waals surface area contributed by atoms with E-state index < -0.39 is 5.60 Å². The summed E-state index contributed by atoms with van der Waals surface area (Å²) in [4.78, 5) is 21.7. The van der Waals surface area contributed by atoms with E-state index in [1.54, 1.807) is 17.3 Å². The molecular formula is C14H20N4O2. The highest BCUT2D eigenvalue weighted by Gasteiger charge is 2.27. The molecule has 0 saturated heterocycles. The summed E-state index contributed by atoms with van der Waals surface area (Å²) >= 11 is 0. The van der Waals surface area contributed by atoms with Crippen molar-refractivity contribution < 1.29 is 9.53 Å². The van der Waals surface area contributed by atoms with Gasteiger partial charge in [0.05, 0.1) is 0 Å². The van der Waals surface area contributed by atoms with Gasteiger partial charge in [-0.3, -0.25) is 0 Å². The predicted octanol–water partition coefficient (Wildman–Crippen LogP) is 1.44. The highest BCUT2D eigenvalue weighted by atomic mass is 16.6. The third-order valence-electron chi connectivity index (χ3n) is 2.79. The van der Waals surface area contributed by atoms with E-state index in [1.807, 2.05) is 26.8 Å². The van der Waals surface area contributed by atoms with E-state index in [9.17, 15) is 4.79 Å². The third-order valence-corrected chi connectivity index (χ3v) is 2.79. The number of hydrogen-bond donors (Lipinski definition) is 1. The summed E-state index contributed by atoms with van der Waals surface area (Å²) in [5.74, 6) is 0. The molecule has 0 radical (unpaired) electrons. The summed E-state index contributed by atoms with van der Waals surface area (Å²) in [5, 5.41) is 0. The van der Waals surface area contributed by atoms with E-state index in [2.05, 4.69) is 9.97 Å². The first kappa shape index (κ1) is 14.5. The van der Waals surface area contributed by atoms with Gasteiger partial charge < -0.3 is 15.4 Å². The Hall–Kier alpha value is -1.95. The van der Waals surface area contributed by atoms with E-state index in [0.29, 0.717) is 13.1 Å². The van der Waals surface area contributed by atoms with Crippen LogP contribution in [0.1, 0.15) is 26.3 Å². The van der Waals surface area contributed by atoms with Crippen LogP contribution in [0.4, 0.5) is 4.79 Å². The van der Waals surface area contributed by atoms with Gasteiger partial charge in [-0.2, -0.15) is 0 Å². The molecule has 0 saturated carbocycles. The lowest BCUT2D eigenvalue weighted by Gasteiger charge is -2.32. The molecule has 1 aromatic rings. The fourth-order valence-corrected chi connectivity index (χ4v) is 2.01. The maximum absolute atomic E-state index is 12.1. The zero-order valence-corrected chi connectivity index (χ0v) is 12.0. The van der Waals surface area contributed by atoms with E-state index in [1.165, 1.54) is 6.33 Å². The first-order chi connectivity index (χ1) is 9.35. The van der Waals surface area contributed by atoms with Crippen molar-refractivity contribution in [1.82, 2.24) is 14.9 Å². The van der Waals surface area contributed by atoms with Crippen LogP contribution in [0.15, 0.2) is 24.8 Å². The molecule has 6 heteroatoms. The maximum Gasteiger partial charge on any atom is 0.410 e. The molecule has 0 spiro atoms. The molecule has 1 unspecified atom stereocenters. The molecule has 0 aliphatic carbocycles. The number of nitrogens with zero attached hydrogens (tertiary/aromatic N) is 3. The average molecular weight is 276 g/mol. The molecule has 1 atom stereocenters. The summed E-state index contributed by atoms with van der Waals surface area (Å²) < 4.78 is 5.38. The molecule has 1 amide bonds. The lowest BCUT2D eigenvalue weighted by atomic mass is 10.0. The van der Waals surface area contributed by atoms with Crippen LogP contribution in [0.25, 0.3) is 5.57 Å². The third kappa shape index (κ3) is 3.77. The molecule has 6 nitrogen and oxygen atoms in total. The summed E-state index contributed by atoms with van der Waals surface area (Å²) in [6, 6.07) is -0.216. The smallest absolute Gasteiger partial charge is 0.410 e. The van der Waals surface area contributed by atoms with Gasteiger partial charge in [-0.25, -0.2) is 14.8 Å². The second kappa shape index (κ2) is 5.58. The topological polar surface area (TPSA) is 81.3 Å². The van der Waals surface area contributed by atoms with Gasteiger partial charge in [-0.1, -0.05) is 6.08 Å². The van der Waals surface area contributed by atoms with Gasteiger partial charge >= 0.3 is 6.09 Å². The van der Waals surface area contributed by atoms with Gasteiger partial charge in [0.2, 0.25) is 0 Å². The largest absolute Gasteiger partial charge is 0.444 e. The summed E-state index contributed by atoms with van der Waals surface area (Å²) in [7, 11) is 0. The Labute approximate surface area is 118 Å². The summed E-state index contributed by atoms with van der Waals surface area (Å²) in [5.41, 5.74) is 7.28. The molecule has 1 aliphatic heterocycles. The van der Waals surface area contributed by atoms with Crippen LogP contribution >= 0.6 is 0 Å². The molecule has 0 aromatic carbocycles. The fraction of sp³-hybridized carbons (Fsp3) is 0.500. The van der Waals surface area contributed by atoms with Gasteiger partial charge in [0.15, 0.2) is 0 Å². The van der Waals surface area contributed by atoms with Crippen molar-refractivity contribution in [2.24, 2.45) is 5.73 Å². The van der Waals surface area contributed by atoms with Crippen molar-refractivity contribution in [3.8, 4) is 0 Å². The number of hydrogen-bond acceptors (Lipinski definition) is 5. The minimum Gasteiger partial charge on any atom is -0.444 e. The number of aromatic nitrogens is 2. The second-order valence-electron chi connectivity index (χ2n) is 5.84. The molecule has 1 aromatic heterocycles. The van der Waals surface area contributed by atoms with Gasteiger partial charge in [-0.05, 0) is 26.3 Å². The first-order valence-electron chi connectivity index (χ1n) is 6.55. The molecule has 2 N–H and O–H groups in total. The van der Waals surface area contributed by atoms with E-state index in [-0.39, 0.29) is 12.1 Å². The van der Waals surface area contributed by atoms with Crippen LogP contribution in [0.3, 0.4) is 0 Å². The molecule has 1 aliphatic rings. The lowest BCUT2D eigenvalue weighted by molar-refractivity contribution is 0.0265. The van der Waals surface area contributed by atoms with Gasteiger partial charge in [0, 0.05) is 37.1 Å². The Kier molecular flexibility index (Phi) is 4.04. The SMILES string of the molecule is CC(C)(C)OC(=O)N1CC(c2cncnc2)=CC(N)C1. The Bertz CT molecular complexity index is 508. The van der Waals surface area contributed by atoms with E-state index in [0.717, 1.165) is 11.1 Å². The number of ether oxygens (including phenoxy) is 1. The molecule has 2 heterocycles. The number of nitrogens with two attached hydrogens (primary N) is 1. The van der Waals surface area contributed by atoms with Crippen LogP contribution in [0.2, 0.25) is 0 Å². The zero-order valence-electron chi connectivity index (χ0n) is 12.0. The second-order valence-corrected chi connectivity index (χ2v) is 5.84. The molecule has 0 bridgehead atoms. The van der Waals surface area contributed by atoms with Crippen LogP contribution in [0, 0.1) is 0 Å². The van der Waals surface area contributed by atoms with Crippen molar-refractivity contribution in [3.63, 3.8) is 0 Å². The minimum absolute atomic E-state index is 0.216. The number of rotatable bonds is 1. The number of amides is 1. The Morgan fingerprint density at radius 1 is 1.40 bits per heavy atom. The average Bonchev–Trinajstić information content (AvgIpc) is 2.37. The zero-order chi connectivity index (χ0) is 14.8. The van der Waals surface area contributed by atoms with Crippen LogP contribution in [-0.4, -0.2) is 45.7 Å². The Morgan fingerprint density at radius 3 is 2.65 bits per heavy atom. The normalized spacial score (nSPS) is 19.5. The Morgan fingerprint density at radius 2 is 2.05 bits per heavy atom. The van der Waals surface area contributed by atoms with Crippen molar-refractivity contribution in [2.45, 2.75) is 32.4 Å². The van der Waals surface area contributed by atoms with Crippen molar-refractivity contribution in [1.29, 1.82) is 0 Å². The van der Waals surface area contributed by atoms with Crippen molar-refractivity contribution >= 4 is 11.7 Å². The number of carbonyl (C=O) groups excluding carboxylic acids is 1. The first-order valence-corrected chi connectivity index (χ1v) is 6.55. The molecule has 0 fully saturated rings. The van der Waals surface area contributed by atoms with Gasteiger partial charge in [0.1, 0.15) is 11.9 Å². The highest BCUT2D eigenvalue weighted by molar-refractivity contribution is 5.75. The number of carbonyl (C=O) groups is 1. The van der Waals surface area contributed by atoms with Crippen LogP contribution in [0.5, 0.6) is 0 Å². The highest BCUT2D eigenvalue weighted by Crippen LogP contribution is 2.21. The fourth-order valence-electron chi connectivity index (χ4n) is 2.01. The van der Waals surface area contributed by atoms with Gasteiger partial charge in [-0.15, -0.1) is 0 Å². The van der Waals surface area contributed by atoms with E-state index >= 15 is 0 Å². The minimum atomic E-state index is -0.516. The molecule has 108 valence electrons. The maximum atomic E-state index is 12.1. The molecule has 20 heavy (non-hydrogen) atoms. The quantitative estimate of drug-likeness (QED) is 0.839. The van der Waals surface area contributed by atoms with Crippen LogP contribution < -0.4 is 5.73 Å². The summed E-state index contributed by atoms with van der Waals surface area (Å²) in [6.07, 6.45) is 6.49. The van der Waals surface area contributed by atoms with Gasteiger partial charge in [0.25, 0.3) is 0 Å². The van der Waals surface area contributed by atoms with E-state index in [4.69, 9.17) is 10.5 Å². The Balaban J connectivity index is 2.13. The van der Waals surface area contributed by atoms with Crippen molar-refractivity contribution in [2.75, 3.05) is 13.1 Å². The molecular weight excluding hydrogens is 256 g/mol. The lowest BCUT2D eigenvalue weighted by Crippen LogP contribution is -2.46.